The number of amides is 1. The Morgan fingerprint density at radius 1 is 0.804 bits per heavy atom. The molecule has 0 aliphatic carbocycles. The van der Waals surface area contributed by atoms with E-state index in [0.717, 1.165) is 34.0 Å². The Bertz CT molecular complexity index is 1930. The normalized spacial score (nSPS) is 12.0. The van der Waals surface area contributed by atoms with Gasteiger partial charge in [0.25, 0.3) is 0 Å². The van der Waals surface area contributed by atoms with Gasteiger partial charge in [0, 0.05) is 24.5 Å². The van der Waals surface area contributed by atoms with Gasteiger partial charge in [0.2, 0.25) is 5.91 Å². The molecule has 0 fully saturated rings. The lowest BCUT2D eigenvalue weighted by Gasteiger charge is -2.27. The Morgan fingerprint density at radius 3 is 1.98 bits per heavy atom. The highest BCUT2D eigenvalue weighted by molar-refractivity contribution is 5.92. The number of halogens is 3. The highest BCUT2D eigenvalue weighted by Gasteiger charge is 2.34. The highest BCUT2D eigenvalue weighted by Crippen LogP contribution is 2.35. The summed E-state index contributed by atoms with van der Waals surface area (Å²) in [5.74, 6) is -1.76. The Morgan fingerprint density at radius 2 is 1.39 bits per heavy atom. The van der Waals surface area contributed by atoms with Crippen molar-refractivity contribution in [1.29, 1.82) is 0 Å². The molecule has 5 aromatic rings. The third-order valence-corrected chi connectivity index (χ3v) is 8.33. The number of nitrogens with one attached hydrogen (secondary N) is 2. The van der Waals surface area contributed by atoms with Gasteiger partial charge in [-0.2, -0.15) is 13.2 Å². The number of carboxylic acids is 1. The van der Waals surface area contributed by atoms with Crippen LogP contribution in [0.5, 0.6) is 5.75 Å². The van der Waals surface area contributed by atoms with Crippen molar-refractivity contribution in [2.45, 2.75) is 38.8 Å². The largest absolute Gasteiger partial charge is 0.497 e. The number of anilines is 2. The Balaban J connectivity index is 1.17. The fraction of sp³-hybridized carbons (Fsp3) is 0.200. The molecular formula is C40H38F3N3O5. The van der Waals surface area contributed by atoms with Crippen LogP contribution in [0.15, 0.2) is 115 Å². The minimum absolute atomic E-state index is 0.0265. The van der Waals surface area contributed by atoms with Crippen LogP contribution in [0.1, 0.15) is 39.6 Å². The standard InChI is InChI=1S/C40H38F3N3O5/c1-26-3-9-29(10-4-26)30-11-5-27(6-12-30)23-44-33-16-7-28(8-17-33)24-46(25-38(48)49)39(50)31-13-18-34(19-14-31)45-37(47)21-32-15-20-35(51-2)22-36(32)40(41,42)43/h3-20,22,39,44,50H,21,23-25H2,1-2H3,(H,45,47)(H,48,49). The van der Waals surface area contributed by atoms with Crippen molar-refractivity contribution in [3.8, 4) is 16.9 Å². The van der Waals surface area contributed by atoms with Gasteiger partial charge in [-0.15, -0.1) is 0 Å². The monoisotopic (exact) mass is 697 g/mol. The van der Waals surface area contributed by atoms with Crippen molar-refractivity contribution >= 4 is 23.3 Å². The summed E-state index contributed by atoms with van der Waals surface area (Å²) in [5, 5.41) is 26.6. The lowest BCUT2D eigenvalue weighted by molar-refractivity contribution is -0.142. The number of rotatable bonds is 14. The maximum atomic E-state index is 13.6. The number of carboxylic acid groups (broad SMARTS) is 1. The average molecular weight is 698 g/mol. The van der Waals surface area contributed by atoms with E-state index in [9.17, 15) is 33.0 Å². The van der Waals surface area contributed by atoms with E-state index in [4.69, 9.17) is 4.74 Å². The van der Waals surface area contributed by atoms with Crippen molar-refractivity contribution in [2.24, 2.45) is 0 Å². The van der Waals surface area contributed by atoms with Gasteiger partial charge >= 0.3 is 12.1 Å². The molecule has 1 unspecified atom stereocenters. The number of carbonyl (C=O) groups excluding carboxylic acids is 1. The number of methoxy groups -OCH3 is 1. The maximum absolute atomic E-state index is 13.6. The van der Waals surface area contributed by atoms with Crippen LogP contribution in [0.2, 0.25) is 0 Å². The molecule has 0 aliphatic rings. The van der Waals surface area contributed by atoms with E-state index in [1.54, 1.807) is 0 Å². The number of benzene rings is 5. The summed E-state index contributed by atoms with van der Waals surface area (Å²) in [4.78, 5) is 25.7. The number of aryl methyl sites for hydroxylation is 1. The van der Waals surface area contributed by atoms with E-state index in [1.165, 1.54) is 54.0 Å². The van der Waals surface area contributed by atoms with Gasteiger partial charge in [0.15, 0.2) is 0 Å². The molecule has 0 saturated heterocycles. The number of aliphatic carboxylic acids is 1. The lowest BCUT2D eigenvalue weighted by Crippen LogP contribution is -2.33. The van der Waals surface area contributed by atoms with E-state index in [2.05, 4.69) is 66.1 Å². The molecule has 8 nitrogen and oxygen atoms in total. The molecule has 0 aliphatic heterocycles. The fourth-order valence-electron chi connectivity index (χ4n) is 5.56. The van der Waals surface area contributed by atoms with Crippen molar-refractivity contribution < 1.29 is 37.7 Å². The molecule has 5 rings (SSSR count). The second kappa shape index (κ2) is 16.4. The molecule has 0 spiro atoms. The molecule has 264 valence electrons. The zero-order chi connectivity index (χ0) is 36.5. The first-order chi connectivity index (χ1) is 24.4. The fourth-order valence-corrected chi connectivity index (χ4v) is 5.56. The molecule has 11 heteroatoms. The summed E-state index contributed by atoms with van der Waals surface area (Å²) in [6.45, 7) is 2.37. The molecule has 0 aromatic heterocycles. The van der Waals surface area contributed by atoms with Crippen LogP contribution in [0.3, 0.4) is 0 Å². The topological polar surface area (TPSA) is 111 Å². The smallest absolute Gasteiger partial charge is 0.416 e. The number of carbonyl (C=O) groups is 2. The average Bonchev–Trinajstić information content (AvgIpc) is 3.11. The number of hydrogen-bond donors (Lipinski definition) is 4. The van der Waals surface area contributed by atoms with Crippen LogP contribution in [-0.4, -0.2) is 40.6 Å². The molecule has 51 heavy (non-hydrogen) atoms. The minimum atomic E-state index is -4.67. The summed E-state index contributed by atoms with van der Waals surface area (Å²) in [5.41, 5.74) is 5.80. The molecule has 1 atom stereocenters. The van der Waals surface area contributed by atoms with E-state index in [0.29, 0.717) is 17.8 Å². The van der Waals surface area contributed by atoms with Crippen LogP contribution in [0.25, 0.3) is 11.1 Å². The number of alkyl halides is 3. The molecule has 0 radical (unpaired) electrons. The second-order valence-electron chi connectivity index (χ2n) is 12.2. The molecule has 5 aromatic carbocycles. The zero-order valence-corrected chi connectivity index (χ0v) is 28.1. The van der Waals surface area contributed by atoms with Crippen LogP contribution < -0.4 is 15.4 Å². The van der Waals surface area contributed by atoms with Gasteiger partial charge in [-0.3, -0.25) is 14.5 Å². The number of nitrogens with zero attached hydrogens (tertiary/aromatic N) is 1. The maximum Gasteiger partial charge on any atom is 0.416 e. The predicted molar refractivity (Wildman–Crippen MR) is 190 cm³/mol. The van der Waals surface area contributed by atoms with E-state index in [1.807, 2.05) is 24.3 Å². The van der Waals surface area contributed by atoms with Crippen LogP contribution >= 0.6 is 0 Å². The summed E-state index contributed by atoms with van der Waals surface area (Å²) in [6, 6.07) is 33.7. The lowest BCUT2D eigenvalue weighted by atomic mass is 10.0. The van der Waals surface area contributed by atoms with E-state index < -0.39 is 42.8 Å². The van der Waals surface area contributed by atoms with E-state index >= 15 is 0 Å². The molecule has 0 heterocycles. The minimum Gasteiger partial charge on any atom is -0.497 e. The second-order valence-corrected chi connectivity index (χ2v) is 12.2. The van der Waals surface area contributed by atoms with Gasteiger partial charge in [-0.25, -0.2) is 0 Å². The number of aliphatic hydroxyl groups excluding tert-OH is 1. The number of ether oxygens (including phenoxy) is 1. The zero-order valence-electron chi connectivity index (χ0n) is 28.1. The first kappa shape index (κ1) is 36.6. The predicted octanol–water partition coefficient (Wildman–Crippen LogP) is 8.06. The Kier molecular flexibility index (Phi) is 11.8. The Labute approximate surface area is 294 Å². The molecule has 0 bridgehead atoms. The highest BCUT2D eigenvalue weighted by atomic mass is 19.4. The van der Waals surface area contributed by atoms with Crippen molar-refractivity contribution in [2.75, 3.05) is 24.3 Å². The third-order valence-electron chi connectivity index (χ3n) is 8.33. The van der Waals surface area contributed by atoms with Gasteiger partial charge in [-0.05, 0) is 76.7 Å². The van der Waals surface area contributed by atoms with Crippen LogP contribution in [0, 0.1) is 6.92 Å². The van der Waals surface area contributed by atoms with Crippen molar-refractivity contribution in [1.82, 2.24) is 4.90 Å². The van der Waals surface area contributed by atoms with E-state index in [-0.39, 0.29) is 17.9 Å². The molecule has 1 amide bonds. The van der Waals surface area contributed by atoms with Crippen LogP contribution in [-0.2, 0) is 35.3 Å². The summed E-state index contributed by atoms with van der Waals surface area (Å²) in [6.07, 6.45) is -6.48. The summed E-state index contributed by atoms with van der Waals surface area (Å²) in [7, 11) is 1.26. The molecule has 0 saturated carbocycles. The van der Waals surface area contributed by atoms with Crippen molar-refractivity contribution in [3.05, 3.63) is 149 Å². The Hall–Kier alpha value is -5.65. The summed E-state index contributed by atoms with van der Waals surface area (Å²) >= 11 is 0. The first-order valence-electron chi connectivity index (χ1n) is 16.1. The SMILES string of the molecule is COc1ccc(CC(=O)Nc2ccc(C(O)N(CC(=O)O)Cc3ccc(NCc4ccc(-c5ccc(C)cc5)cc4)cc3)cc2)c(C(F)(F)F)c1. The van der Waals surface area contributed by atoms with Gasteiger partial charge in [0.1, 0.15) is 12.0 Å². The van der Waals surface area contributed by atoms with Gasteiger partial charge in [-0.1, -0.05) is 84.4 Å². The van der Waals surface area contributed by atoms with Crippen molar-refractivity contribution in [3.63, 3.8) is 0 Å². The van der Waals surface area contributed by atoms with Gasteiger partial charge < -0.3 is 25.6 Å². The summed E-state index contributed by atoms with van der Waals surface area (Å²) < 4.78 is 45.6. The van der Waals surface area contributed by atoms with Crippen LogP contribution in [0.4, 0.5) is 24.5 Å². The molecular weight excluding hydrogens is 659 g/mol. The quantitative estimate of drug-likeness (QED) is 0.0869. The van der Waals surface area contributed by atoms with Gasteiger partial charge in [0.05, 0.1) is 25.6 Å². The molecule has 4 N–H and O–H groups in total. The first-order valence-corrected chi connectivity index (χ1v) is 16.1. The number of aliphatic hydroxyl groups is 1. The third kappa shape index (κ3) is 10.2. The number of hydrogen-bond acceptors (Lipinski definition) is 6.